The number of amides is 1. The largest absolute Gasteiger partial charge is 0.356 e. The minimum atomic E-state index is 0.153. The van der Waals surface area contributed by atoms with Crippen LogP contribution in [0.25, 0.3) is 11.0 Å². The summed E-state index contributed by atoms with van der Waals surface area (Å²) in [6.07, 6.45) is 14.9. The van der Waals surface area contributed by atoms with Crippen molar-refractivity contribution in [3.8, 4) is 0 Å². The molecule has 3 aromatic rings. The number of rotatable bonds is 17. The third kappa shape index (κ3) is 8.96. The number of para-hydroxylation sites is 2. The van der Waals surface area contributed by atoms with Gasteiger partial charge in [-0.3, -0.25) is 4.79 Å². The first-order valence-electron chi connectivity index (χ1n) is 13.5. The minimum absolute atomic E-state index is 0.153. The van der Waals surface area contributed by atoms with Crippen LogP contribution < -0.4 is 5.32 Å². The Hall–Kier alpha value is -2.62. The Bertz CT molecular complexity index is 964. The highest BCUT2D eigenvalue weighted by molar-refractivity contribution is 5.76. The van der Waals surface area contributed by atoms with Crippen LogP contribution in [-0.4, -0.2) is 22.0 Å². The quantitative estimate of drug-likeness (QED) is 0.215. The van der Waals surface area contributed by atoms with Crippen molar-refractivity contribution >= 4 is 16.9 Å². The van der Waals surface area contributed by atoms with E-state index in [2.05, 4.69) is 53.2 Å². The van der Waals surface area contributed by atoms with Crippen LogP contribution in [-0.2, 0) is 24.2 Å². The predicted octanol–water partition coefficient (Wildman–Crippen LogP) is 7.25. The molecule has 3 rings (SSSR count). The molecular weight excluding hydrogens is 418 g/mol. The van der Waals surface area contributed by atoms with Crippen LogP contribution >= 0.6 is 0 Å². The molecule has 1 aromatic heterocycles. The van der Waals surface area contributed by atoms with Crippen LogP contribution in [0.4, 0.5) is 0 Å². The summed E-state index contributed by atoms with van der Waals surface area (Å²) >= 11 is 0. The molecule has 0 saturated carbocycles. The van der Waals surface area contributed by atoms with Crippen LogP contribution in [0.3, 0.4) is 0 Å². The number of unbranched alkanes of at least 4 members (excludes halogenated alkanes) is 8. The molecule has 1 amide bonds. The van der Waals surface area contributed by atoms with Crippen molar-refractivity contribution in [2.75, 3.05) is 6.54 Å². The summed E-state index contributed by atoms with van der Waals surface area (Å²) in [5.74, 6) is 1.37. The van der Waals surface area contributed by atoms with Gasteiger partial charge in [-0.1, -0.05) is 94.3 Å². The molecule has 0 spiro atoms. The minimum Gasteiger partial charge on any atom is -0.356 e. The zero-order chi connectivity index (χ0) is 23.8. The highest BCUT2D eigenvalue weighted by Crippen LogP contribution is 2.19. The summed E-state index contributed by atoms with van der Waals surface area (Å²) in [7, 11) is 0. The van der Waals surface area contributed by atoms with E-state index in [4.69, 9.17) is 4.98 Å². The van der Waals surface area contributed by atoms with Gasteiger partial charge in [-0.15, -0.1) is 0 Å². The first kappa shape index (κ1) is 26.0. The van der Waals surface area contributed by atoms with Gasteiger partial charge in [-0.2, -0.15) is 0 Å². The highest BCUT2D eigenvalue weighted by atomic mass is 16.1. The number of carbonyl (C=O) groups is 1. The lowest BCUT2D eigenvalue weighted by molar-refractivity contribution is -0.121. The SMILES string of the molecule is CCCCCCCCCn1c(CCCCCNC(=O)CCc2ccccc2)nc2ccccc21. The molecular formula is C30H43N3O. The average Bonchev–Trinajstić information content (AvgIpc) is 3.22. The summed E-state index contributed by atoms with van der Waals surface area (Å²) in [6.45, 7) is 4.11. The van der Waals surface area contributed by atoms with Crippen molar-refractivity contribution in [1.82, 2.24) is 14.9 Å². The Morgan fingerprint density at radius 1 is 0.794 bits per heavy atom. The molecule has 0 aliphatic rings. The van der Waals surface area contributed by atoms with Crippen molar-refractivity contribution in [2.24, 2.45) is 0 Å². The molecule has 1 heterocycles. The molecule has 1 N–H and O–H groups in total. The van der Waals surface area contributed by atoms with Crippen molar-refractivity contribution in [3.63, 3.8) is 0 Å². The first-order chi connectivity index (χ1) is 16.8. The molecule has 34 heavy (non-hydrogen) atoms. The number of aromatic nitrogens is 2. The van der Waals surface area contributed by atoms with Gasteiger partial charge in [0.05, 0.1) is 11.0 Å². The average molecular weight is 462 g/mol. The fourth-order valence-electron chi connectivity index (χ4n) is 4.60. The van der Waals surface area contributed by atoms with Gasteiger partial charge in [0.1, 0.15) is 5.82 Å². The van der Waals surface area contributed by atoms with Crippen LogP contribution in [0.15, 0.2) is 54.6 Å². The number of imidazole rings is 1. The Balaban J connectivity index is 1.35. The third-order valence-corrected chi connectivity index (χ3v) is 6.60. The van der Waals surface area contributed by atoms with Crippen molar-refractivity contribution < 1.29 is 4.79 Å². The topological polar surface area (TPSA) is 46.9 Å². The molecule has 0 saturated heterocycles. The van der Waals surface area contributed by atoms with Crippen LogP contribution in [0.1, 0.15) is 88.9 Å². The van der Waals surface area contributed by atoms with E-state index >= 15 is 0 Å². The molecule has 184 valence electrons. The van der Waals surface area contributed by atoms with E-state index in [1.165, 1.54) is 61.9 Å². The lowest BCUT2D eigenvalue weighted by Gasteiger charge is -2.10. The summed E-state index contributed by atoms with van der Waals surface area (Å²) in [5.41, 5.74) is 3.61. The number of carbonyl (C=O) groups excluding carboxylic acids is 1. The lowest BCUT2D eigenvalue weighted by atomic mass is 10.1. The fraction of sp³-hybridized carbons (Fsp3) is 0.533. The van der Waals surface area contributed by atoms with Gasteiger partial charge in [0.25, 0.3) is 0 Å². The Morgan fingerprint density at radius 3 is 2.32 bits per heavy atom. The molecule has 0 bridgehead atoms. The van der Waals surface area contributed by atoms with E-state index in [-0.39, 0.29) is 5.91 Å². The van der Waals surface area contributed by atoms with Gasteiger partial charge in [0, 0.05) is 25.9 Å². The molecule has 0 atom stereocenters. The van der Waals surface area contributed by atoms with Gasteiger partial charge < -0.3 is 9.88 Å². The Kier molecular flexibility index (Phi) is 11.7. The zero-order valence-electron chi connectivity index (χ0n) is 21.1. The molecule has 0 aliphatic heterocycles. The maximum absolute atomic E-state index is 12.1. The van der Waals surface area contributed by atoms with Gasteiger partial charge in [-0.05, 0) is 43.4 Å². The first-order valence-corrected chi connectivity index (χ1v) is 13.5. The van der Waals surface area contributed by atoms with Crippen molar-refractivity contribution in [1.29, 1.82) is 0 Å². The second-order valence-electron chi connectivity index (χ2n) is 9.44. The van der Waals surface area contributed by atoms with Crippen LogP contribution in [0.2, 0.25) is 0 Å². The summed E-state index contributed by atoms with van der Waals surface area (Å²) in [6, 6.07) is 18.7. The molecule has 0 radical (unpaired) electrons. The summed E-state index contributed by atoms with van der Waals surface area (Å²) in [5, 5.41) is 3.08. The van der Waals surface area contributed by atoms with Gasteiger partial charge in [0.2, 0.25) is 5.91 Å². The van der Waals surface area contributed by atoms with Gasteiger partial charge in [-0.25, -0.2) is 4.98 Å². The number of nitrogens with one attached hydrogen (secondary N) is 1. The van der Waals surface area contributed by atoms with Gasteiger partial charge in [0.15, 0.2) is 0 Å². The van der Waals surface area contributed by atoms with Crippen LogP contribution in [0.5, 0.6) is 0 Å². The third-order valence-electron chi connectivity index (χ3n) is 6.60. The number of hydrogen-bond acceptors (Lipinski definition) is 2. The molecule has 4 nitrogen and oxygen atoms in total. The molecule has 0 unspecified atom stereocenters. The molecule has 2 aromatic carbocycles. The normalized spacial score (nSPS) is 11.2. The van der Waals surface area contributed by atoms with Gasteiger partial charge >= 0.3 is 0 Å². The number of benzene rings is 2. The Labute approximate surface area is 206 Å². The van der Waals surface area contributed by atoms with E-state index in [9.17, 15) is 4.79 Å². The van der Waals surface area contributed by atoms with E-state index in [0.717, 1.165) is 50.7 Å². The molecule has 0 fully saturated rings. The standard InChI is InChI=1S/C30H43N3O/c1-2-3-4-5-6-7-16-25-33-28-20-14-13-19-27(28)32-29(33)21-12-9-15-24-31-30(34)23-22-26-17-10-8-11-18-26/h8,10-11,13-14,17-20H,2-7,9,12,15-16,21-25H2,1H3,(H,31,34). The predicted molar refractivity (Wildman–Crippen MR) is 143 cm³/mol. The molecule has 0 aliphatic carbocycles. The maximum atomic E-state index is 12.1. The zero-order valence-corrected chi connectivity index (χ0v) is 21.1. The van der Waals surface area contributed by atoms with E-state index in [1.54, 1.807) is 0 Å². The van der Waals surface area contributed by atoms with E-state index in [0.29, 0.717) is 6.42 Å². The van der Waals surface area contributed by atoms with E-state index < -0.39 is 0 Å². The number of nitrogens with zero attached hydrogens (tertiary/aromatic N) is 2. The molecule has 4 heteroatoms. The fourth-order valence-corrected chi connectivity index (χ4v) is 4.60. The summed E-state index contributed by atoms with van der Waals surface area (Å²) in [4.78, 5) is 17.0. The number of aryl methyl sites for hydroxylation is 3. The number of hydrogen-bond donors (Lipinski definition) is 1. The second kappa shape index (κ2) is 15.3. The number of fused-ring (bicyclic) bond motifs is 1. The van der Waals surface area contributed by atoms with Crippen molar-refractivity contribution in [3.05, 3.63) is 66.0 Å². The second-order valence-corrected chi connectivity index (χ2v) is 9.44. The monoisotopic (exact) mass is 461 g/mol. The van der Waals surface area contributed by atoms with Crippen LogP contribution in [0, 0.1) is 0 Å². The lowest BCUT2D eigenvalue weighted by Crippen LogP contribution is -2.24. The van der Waals surface area contributed by atoms with E-state index in [1.807, 2.05) is 18.2 Å². The summed E-state index contributed by atoms with van der Waals surface area (Å²) < 4.78 is 2.45. The Morgan fingerprint density at radius 2 is 1.50 bits per heavy atom. The smallest absolute Gasteiger partial charge is 0.220 e. The maximum Gasteiger partial charge on any atom is 0.220 e. The van der Waals surface area contributed by atoms with Crippen molar-refractivity contribution in [2.45, 2.75) is 96.9 Å². The highest BCUT2D eigenvalue weighted by Gasteiger charge is 2.10.